The summed E-state index contributed by atoms with van der Waals surface area (Å²) in [5.41, 5.74) is 12.0. The van der Waals surface area contributed by atoms with Crippen molar-refractivity contribution in [2.75, 3.05) is 0 Å². The maximum atomic E-state index is 14.0. The van der Waals surface area contributed by atoms with E-state index in [0.29, 0.717) is 49.2 Å². The summed E-state index contributed by atoms with van der Waals surface area (Å²) in [6.07, 6.45) is 4.21. The monoisotopic (exact) mass is 445 g/mol. The molecule has 1 aromatic rings. The van der Waals surface area contributed by atoms with Crippen molar-refractivity contribution in [2.24, 2.45) is 11.5 Å². The zero-order valence-electron chi connectivity index (χ0n) is 17.6. The van der Waals surface area contributed by atoms with Gasteiger partial charge >= 0.3 is 0 Å². The average Bonchev–Trinajstić information content (AvgIpc) is 3.29. The summed E-state index contributed by atoms with van der Waals surface area (Å²) < 4.78 is 29.0. The minimum absolute atomic E-state index is 0.0414. The molecule has 10 heteroatoms. The number of hydrogen-bond donors (Lipinski definition) is 4. The highest BCUT2D eigenvalue weighted by molar-refractivity contribution is 6.44. The molecule has 1 saturated carbocycles. The minimum Gasteiger partial charge on any atom is -0.403 e. The second kappa shape index (κ2) is 7.92. The second-order valence-corrected chi connectivity index (χ2v) is 8.38. The number of Topliss-reactive ketones (excluding diaryl/α,β-unsaturated/α-hetero) is 1. The number of alkyl halides is 1. The predicted molar refractivity (Wildman–Crippen MR) is 113 cm³/mol. The molecule has 0 bridgehead atoms. The Kier molecular flexibility index (Phi) is 5.39. The van der Waals surface area contributed by atoms with Gasteiger partial charge < -0.3 is 26.7 Å². The number of rotatable bonds is 6. The number of allylic oxidation sites excluding steroid dienone is 3. The van der Waals surface area contributed by atoms with Crippen molar-refractivity contribution in [1.82, 2.24) is 15.2 Å². The number of nitrogens with one attached hydrogen (secondary N) is 2. The highest BCUT2D eigenvalue weighted by atomic mass is 19.1. The highest BCUT2D eigenvalue weighted by Crippen LogP contribution is 2.40. The molecule has 2 heterocycles. The Hall–Kier alpha value is -3.43. The first-order valence-corrected chi connectivity index (χ1v) is 10.5. The van der Waals surface area contributed by atoms with Gasteiger partial charge in [-0.15, -0.1) is 0 Å². The Morgan fingerprint density at radius 2 is 2.03 bits per heavy atom. The van der Waals surface area contributed by atoms with Gasteiger partial charge in [0.2, 0.25) is 0 Å². The molecule has 0 spiro atoms. The number of carbonyl (C=O) groups excluding carboxylic acids is 3. The van der Waals surface area contributed by atoms with Crippen LogP contribution in [-0.2, 0) is 17.8 Å². The van der Waals surface area contributed by atoms with E-state index in [2.05, 4.69) is 10.6 Å². The number of halogens is 2. The zero-order chi connectivity index (χ0) is 23.2. The van der Waals surface area contributed by atoms with Gasteiger partial charge in [0.25, 0.3) is 17.6 Å². The molecule has 1 atom stereocenters. The molecule has 2 amide bonds. The Morgan fingerprint density at radius 1 is 1.31 bits per heavy atom. The van der Waals surface area contributed by atoms with E-state index in [1.807, 2.05) is 0 Å². The lowest BCUT2D eigenvalue weighted by molar-refractivity contribution is -0.117. The maximum Gasteiger partial charge on any atom is 0.293 e. The van der Waals surface area contributed by atoms with Crippen LogP contribution in [0.3, 0.4) is 0 Å². The fourth-order valence-corrected chi connectivity index (χ4v) is 4.41. The molecule has 2 aliphatic carbocycles. The van der Waals surface area contributed by atoms with Gasteiger partial charge in [0.15, 0.2) is 0 Å². The number of amides is 2. The van der Waals surface area contributed by atoms with Crippen molar-refractivity contribution in [1.29, 1.82) is 0 Å². The van der Waals surface area contributed by atoms with Gasteiger partial charge in [0.1, 0.15) is 17.7 Å². The third-order valence-corrected chi connectivity index (χ3v) is 6.27. The number of carbonyl (C=O) groups is 3. The SMILES string of the molecule is Cc1c(C(=O)C(=O)NC2(/C(N)=C/N)CC2)c2n(c1C(=O)NC1=CCC(F)C=C1F)CCC2. The molecule has 6 N–H and O–H groups in total. The molecule has 0 saturated heterocycles. The Balaban J connectivity index is 1.61. The topological polar surface area (TPSA) is 132 Å². The van der Waals surface area contributed by atoms with E-state index in [1.54, 1.807) is 11.5 Å². The molecule has 1 aromatic heterocycles. The molecule has 8 nitrogen and oxygen atoms in total. The van der Waals surface area contributed by atoms with Crippen LogP contribution >= 0.6 is 0 Å². The summed E-state index contributed by atoms with van der Waals surface area (Å²) in [7, 11) is 0. The van der Waals surface area contributed by atoms with Gasteiger partial charge in [-0.2, -0.15) is 0 Å². The average molecular weight is 445 g/mol. The van der Waals surface area contributed by atoms with Crippen LogP contribution in [0.5, 0.6) is 0 Å². The quantitative estimate of drug-likeness (QED) is 0.390. The van der Waals surface area contributed by atoms with Crippen LogP contribution in [0.25, 0.3) is 0 Å². The van der Waals surface area contributed by atoms with Crippen molar-refractivity contribution in [3.05, 3.63) is 58.1 Å². The van der Waals surface area contributed by atoms with Crippen molar-refractivity contribution in [3.8, 4) is 0 Å². The molecule has 32 heavy (non-hydrogen) atoms. The molecular formula is C22H25F2N5O3. The Bertz CT molecular complexity index is 1110. The summed E-state index contributed by atoms with van der Waals surface area (Å²) in [6, 6.07) is 0. The van der Waals surface area contributed by atoms with Crippen LogP contribution in [0.15, 0.2) is 35.6 Å². The van der Waals surface area contributed by atoms with Crippen LogP contribution < -0.4 is 22.1 Å². The molecule has 1 fully saturated rings. The molecule has 1 unspecified atom stereocenters. The van der Waals surface area contributed by atoms with Gasteiger partial charge in [-0.05, 0) is 44.2 Å². The molecule has 0 aromatic carbocycles. The zero-order valence-corrected chi connectivity index (χ0v) is 17.6. The van der Waals surface area contributed by atoms with Crippen LogP contribution in [0.1, 0.15) is 57.8 Å². The normalized spacial score (nSPS) is 21.3. The molecule has 4 rings (SSSR count). The smallest absolute Gasteiger partial charge is 0.293 e. The third-order valence-electron chi connectivity index (χ3n) is 6.27. The lowest BCUT2D eigenvalue weighted by atomic mass is 10.0. The molecule has 0 radical (unpaired) electrons. The lowest BCUT2D eigenvalue weighted by Crippen LogP contribution is -2.44. The van der Waals surface area contributed by atoms with E-state index in [1.165, 1.54) is 12.3 Å². The van der Waals surface area contributed by atoms with Crippen molar-refractivity contribution < 1.29 is 23.2 Å². The maximum absolute atomic E-state index is 14.0. The first-order chi connectivity index (χ1) is 15.2. The van der Waals surface area contributed by atoms with Gasteiger partial charge in [0.05, 0.1) is 16.8 Å². The van der Waals surface area contributed by atoms with Crippen LogP contribution in [-0.4, -0.2) is 33.9 Å². The second-order valence-electron chi connectivity index (χ2n) is 8.38. The fourth-order valence-electron chi connectivity index (χ4n) is 4.41. The number of aromatic nitrogens is 1. The predicted octanol–water partition coefficient (Wildman–Crippen LogP) is 1.54. The van der Waals surface area contributed by atoms with E-state index in [0.717, 1.165) is 6.08 Å². The highest BCUT2D eigenvalue weighted by Gasteiger charge is 2.48. The van der Waals surface area contributed by atoms with E-state index in [4.69, 9.17) is 11.5 Å². The first kappa shape index (κ1) is 21.8. The van der Waals surface area contributed by atoms with Crippen LogP contribution in [0.2, 0.25) is 0 Å². The van der Waals surface area contributed by atoms with E-state index in [9.17, 15) is 23.2 Å². The van der Waals surface area contributed by atoms with Gasteiger partial charge in [-0.1, -0.05) is 6.08 Å². The summed E-state index contributed by atoms with van der Waals surface area (Å²) in [5.74, 6) is -3.04. The third kappa shape index (κ3) is 3.59. The molecule has 1 aliphatic heterocycles. The summed E-state index contributed by atoms with van der Waals surface area (Å²) in [6.45, 7) is 2.07. The molecule has 170 valence electrons. The fraction of sp³-hybridized carbons (Fsp3) is 0.409. The molecular weight excluding hydrogens is 420 g/mol. The number of fused-ring (bicyclic) bond motifs is 1. The van der Waals surface area contributed by atoms with E-state index in [-0.39, 0.29) is 23.4 Å². The largest absolute Gasteiger partial charge is 0.403 e. The van der Waals surface area contributed by atoms with Crippen molar-refractivity contribution in [3.63, 3.8) is 0 Å². The van der Waals surface area contributed by atoms with Gasteiger partial charge in [-0.3, -0.25) is 14.4 Å². The van der Waals surface area contributed by atoms with Crippen LogP contribution in [0, 0.1) is 6.92 Å². The van der Waals surface area contributed by atoms with Crippen LogP contribution in [0.4, 0.5) is 8.78 Å². The lowest BCUT2D eigenvalue weighted by Gasteiger charge is -2.17. The van der Waals surface area contributed by atoms with Crippen molar-refractivity contribution >= 4 is 17.6 Å². The summed E-state index contributed by atoms with van der Waals surface area (Å²) >= 11 is 0. The van der Waals surface area contributed by atoms with Gasteiger partial charge in [0, 0.05) is 30.6 Å². The van der Waals surface area contributed by atoms with E-state index >= 15 is 0 Å². The Labute approximate surface area is 183 Å². The number of ketones is 1. The number of hydrogen-bond acceptors (Lipinski definition) is 5. The minimum atomic E-state index is -1.43. The standard InChI is InChI=1S/C22H25F2N5O3/c1-11-17(19(30)21(32)28-22(6-7-22)16(26)10-25)15-3-2-8-29(15)18(11)20(31)27-14-5-4-12(23)9-13(14)24/h5,9-10,12H,2-4,6-8,25-26H2,1H3,(H,27,31)(H,28,32)/b16-10-. The number of nitrogens with zero attached hydrogens (tertiary/aromatic N) is 1. The van der Waals surface area contributed by atoms with Crippen molar-refractivity contribution in [2.45, 2.75) is 57.3 Å². The summed E-state index contributed by atoms with van der Waals surface area (Å²) in [4.78, 5) is 38.8. The first-order valence-electron chi connectivity index (χ1n) is 10.5. The molecule has 3 aliphatic rings. The van der Waals surface area contributed by atoms with Gasteiger partial charge in [-0.25, -0.2) is 8.78 Å². The van der Waals surface area contributed by atoms with E-state index < -0.39 is 35.1 Å². The Morgan fingerprint density at radius 3 is 2.66 bits per heavy atom. The number of nitrogens with two attached hydrogens (primary N) is 2. The summed E-state index contributed by atoms with van der Waals surface area (Å²) in [5, 5.41) is 5.15.